The Hall–Kier alpha value is -2.19. The monoisotopic (exact) mass is 362 g/mol. The Morgan fingerprint density at radius 2 is 2.16 bits per heavy atom. The molecule has 0 fully saturated rings. The van der Waals surface area contributed by atoms with Gasteiger partial charge in [-0.05, 0) is 36.6 Å². The Bertz CT molecular complexity index is 874. The maximum atomic E-state index is 12.4. The molecule has 1 aliphatic heterocycles. The first kappa shape index (κ1) is 17.6. The fourth-order valence-corrected chi connectivity index (χ4v) is 4.05. The van der Waals surface area contributed by atoms with Crippen LogP contribution in [0.5, 0.6) is 0 Å². The standard InChI is InChI=1S/C17H22N4O3S/c1-2-16-18-9-11-21(16)10-3-8-19-25(23,24)14-5-6-15-13(12-14)4-7-17(22)20-15/h5-6,9,11-12,19H,2-4,7-8,10H2,1H3,(H,20,22). The van der Waals surface area contributed by atoms with Gasteiger partial charge in [0.25, 0.3) is 0 Å². The maximum Gasteiger partial charge on any atom is 0.240 e. The normalized spacial score (nSPS) is 14.2. The van der Waals surface area contributed by atoms with E-state index in [1.54, 1.807) is 18.3 Å². The number of benzene rings is 1. The second-order valence-corrected chi connectivity index (χ2v) is 7.78. The largest absolute Gasteiger partial charge is 0.335 e. The predicted octanol–water partition coefficient (Wildman–Crippen LogP) is 1.70. The number of aromatic nitrogens is 2. The molecule has 0 saturated heterocycles. The molecule has 0 aliphatic carbocycles. The van der Waals surface area contributed by atoms with E-state index in [-0.39, 0.29) is 10.8 Å². The zero-order valence-corrected chi connectivity index (χ0v) is 15.0. The Morgan fingerprint density at radius 1 is 1.32 bits per heavy atom. The highest BCUT2D eigenvalue weighted by atomic mass is 32.2. The van der Waals surface area contributed by atoms with Gasteiger partial charge < -0.3 is 9.88 Å². The molecular weight excluding hydrogens is 340 g/mol. The van der Waals surface area contributed by atoms with Gasteiger partial charge in [-0.2, -0.15) is 0 Å². The van der Waals surface area contributed by atoms with Crippen LogP contribution in [0.2, 0.25) is 0 Å². The first-order valence-electron chi connectivity index (χ1n) is 8.42. The predicted molar refractivity (Wildman–Crippen MR) is 94.8 cm³/mol. The molecule has 0 atom stereocenters. The van der Waals surface area contributed by atoms with Crippen molar-refractivity contribution < 1.29 is 13.2 Å². The van der Waals surface area contributed by atoms with Crippen molar-refractivity contribution in [2.24, 2.45) is 0 Å². The lowest BCUT2D eigenvalue weighted by Crippen LogP contribution is -2.26. The zero-order chi connectivity index (χ0) is 17.9. The van der Waals surface area contributed by atoms with Gasteiger partial charge in [-0.25, -0.2) is 18.1 Å². The van der Waals surface area contributed by atoms with Crippen molar-refractivity contribution in [1.82, 2.24) is 14.3 Å². The van der Waals surface area contributed by atoms with Crippen LogP contribution in [0, 0.1) is 0 Å². The Morgan fingerprint density at radius 3 is 2.96 bits per heavy atom. The minimum atomic E-state index is -3.55. The lowest BCUT2D eigenvalue weighted by Gasteiger charge is -2.17. The molecule has 2 heterocycles. The third-order valence-electron chi connectivity index (χ3n) is 4.27. The molecule has 0 spiro atoms. The SMILES string of the molecule is CCc1nccn1CCCNS(=O)(=O)c1ccc2c(c1)CCC(=O)N2. The van der Waals surface area contributed by atoms with E-state index >= 15 is 0 Å². The van der Waals surface area contributed by atoms with E-state index < -0.39 is 10.0 Å². The lowest BCUT2D eigenvalue weighted by molar-refractivity contribution is -0.116. The van der Waals surface area contributed by atoms with E-state index in [9.17, 15) is 13.2 Å². The number of amides is 1. The molecule has 0 bridgehead atoms. The number of hydrogen-bond donors (Lipinski definition) is 2. The highest BCUT2D eigenvalue weighted by molar-refractivity contribution is 7.89. The number of nitrogens with one attached hydrogen (secondary N) is 2. The van der Waals surface area contributed by atoms with Crippen LogP contribution in [-0.4, -0.2) is 30.4 Å². The fraction of sp³-hybridized carbons (Fsp3) is 0.412. The molecule has 2 aromatic rings. The van der Waals surface area contributed by atoms with Gasteiger partial charge in [0, 0.05) is 44.0 Å². The van der Waals surface area contributed by atoms with Crippen molar-refractivity contribution in [3.8, 4) is 0 Å². The number of nitrogens with zero attached hydrogens (tertiary/aromatic N) is 2. The topological polar surface area (TPSA) is 93.1 Å². The highest BCUT2D eigenvalue weighted by Gasteiger charge is 2.19. The summed E-state index contributed by atoms with van der Waals surface area (Å²) in [7, 11) is -3.55. The molecule has 2 N–H and O–H groups in total. The number of aryl methyl sites for hydroxylation is 3. The summed E-state index contributed by atoms with van der Waals surface area (Å²) < 4.78 is 29.6. The molecule has 0 saturated carbocycles. The third-order valence-corrected chi connectivity index (χ3v) is 5.73. The first-order chi connectivity index (χ1) is 12.0. The molecule has 134 valence electrons. The van der Waals surface area contributed by atoms with Crippen LogP contribution in [0.25, 0.3) is 0 Å². The highest BCUT2D eigenvalue weighted by Crippen LogP contribution is 2.25. The summed E-state index contributed by atoms with van der Waals surface area (Å²) in [5, 5.41) is 2.75. The van der Waals surface area contributed by atoms with Crippen molar-refractivity contribution in [1.29, 1.82) is 0 Å². The molecular formula is C17H22N4O3S. The van der Waals surface area contributed by atoms with E-state index in [4.69, 9.17) is 0 Å². The molecule has 8 heteroatoms. The Balaban J connectivity index is 1.59. The number of carbonyl (C=O) groups excluding carboxylic acids is 1. The third kappa shape index (κ3) is 4.08. The number of carbonyl (C=O) groups is 1. The zero-order valence-electron chi connectivity index (χ0n) is 14.2. The van der Waals surface area contributed by atoms with Crippen LogP contribution in [0.15, 0.2) is 35.5 Å². The number of imidazole rings is 1. The number of hydrogen-bond acceptors (Lipinski definition) is 4. The number of fused-ring (bicyclic) bond motifs is 1. The van der Waals surface area contributed by atoms with Gasteiger partial charge in [0.15, 0.2) is 0 Å². The fourth-order valence-electron chi connectivity index (χ4n) is 2.92. The number of sulfonamides is 1. The van der Waals surface area contributed by atoms with Crippen LogP contribution in [0.3, 0.4) is 0 Å². The summed E-state index contributed by atoms with van der Waals surface area (Å²) in [5.74, 6) is 0.965. The summed E-state index contributed by atoms with van der Waals surface area (Å²) >= 11 is 0. The van der Waals surface area contributed by atoms with Gasteiger partial charge >= 0.3 is 0 Å². The molecule has 3 rings (SSSR count). The van der Waals surface area contributed by atoms with Crippen LogP contribution in [0.1, 0.15) is 31.2 Å². The van der Waals surface area contributed by atoms with Crippen molar-refractivity contribution in [3.63, 3.8) is 0 Å². The van der Waals surface area contributed by atoms with Crippen molar-refractivity contribution in [2.75, 3.05) is 11.9 Å². The van der Waals surface area contributed by atoms with Gasteiger partial charge in [0.1, 0.15) is 5.82 Å². The van der Waals surface area contributed by atoms with Gasteiger partial charge in [-0.1, -0.05) is 6.92 Å². The van der Waals surface area contributed by atoms with Crippen molar-refractivity contribution in [3.05, 3.63) is 42.0 Å². The van der Waals surface area contributed by atoms with Crippen LogP contribution in [-0.2, 0) is 34.2 Å². The van der Waals surface area contributed by atoms with Crippen LogP contribution < -0.4 is 10.0 Å². The second-order valence-electron chi connectivity index (χ2n) is 6.01. The van der Waals surface area contributed by atoms with Crippen molar-refractivity contribution in [2.45, 2.75) is 44.0 Å². The Kier molecular flexibility index (Phi) is 5.19. The van der Waals surface area contributed by atoms with Gasteiger partial charge in [-0.15, -0.1) is 0 Å². The molecule has 1 aromatic heterocycles. The summed E-state index contributed by atoms with van der Waals surface area (Å²) in [6, 6.07) is 4.82. The maximum absolute atomic E-state index is 12.4. The van der Waals surface area contributed by atoms with E-state index in [2.05, 4.69) is 15.0 Å². The van der Waals surface area contributed by atoms with E-state index in [1.165, 1.54) is 6.07 Å². The molecule has 7 nitrogen and oxygen atoms in total. The minimum absolute atomic E-state index is 0.0350. The summed E-state index contributed by atoms with van der Waals surface area (Å²) in [5.41, 5.74) is 1.55. The quantitative estimate of drug-likeness (QED) is 0.733. The molecule has 1 amide bonds. The molecule has 25 heavy (non-hydrogen) atoms. The van der Waals surface area contributed by atoms with E-state index in [0.29, 0.717) is 31.5 Å². The average molecular weight is 362 g/mol. The first-order valence-corrected chi connectivity index (χ1v) is 9.90. The Labute approximate surface area is 147 Å². The van der Waals surface area contributed by atoms with E-state index in [1.807, 2.05) is 17.7 Å². The number of rotatable bonds is 7. The summed E-state index contributed by atoms with van der Waals surface area (Å²) in [6.45, 7) is 3.12. The van der Waals surface area contributed by atoms with Gasteiger partial charge in [0.2, 0.25) is 15.9 Å². The molecule has 1 aliphatic rings. The average Bonchev–Trinajstić information content (AvgIpc) is 3.05. The minimum Gasteiger partial charge on any atom is -0.335 e. The van der Waals surface area contributed by atoms with Crippen LogP contribution >= 0.6 is 0 Å². The van der Waals surface area contributed by atoms with Crippen LogP contribution in [0.4, 0.5) is 5.69 Å². The number of anilines is 1. The molecule has 1 aromatic carbocycles. The lowest BCUT2D eigenvalue weighted by atomic mass is 10.0. The second kappa shape index (κ2) is 7.37. The smallest absolute Gasteiger partial charge is 0.240 e. The molecule has 0 radical (unpaired) electrons. The van der Waals surface area contributed by atoms with Crippen molar-refractivity contribution >= 4 is 21.6 Å². The van der Waals surface area contributed by atoms with E-state index in [0.717, 1.165) is 24.4 Å². The molecule has 0 unspecified atom stereocenters. The van der Waals surface area contributed by atoms with Gasteiger partial charge in [-0.3, -0.25) is 4.79 Å². The van der Waals surface area contributed by atoms with Gasteiger partial charge in [0.05, 0.1) is 4.90 Å². The summed E-state index contributed by atoms with van der Waals surface area (Å²) in [6.07, 6.45) is 6.15. The summed E-state index contributed by atoms with van der Waals surface area (Å²) in [4.78, 5) is 15.9.